The van der Waals surface area contributed by atoms with Gasteiger partial charge in [0.1, 0.15) is 0 Å². The van der Waals surface area contributed by atoms with Crippen molar-refractivity contribution in [1.82, 2.24) is 10.1 Å². The molecule has 2 aromatic rings. The van der Waals surface area contributed by atoms with Crippen LogP contribution in [-0.4, -0.2) is 10.1 Å². The van der Waals surface area contributed by atoms with E-state index >= 15 is 0 Å². The van der Waals surface area contributed by atoms with Crippen LogP contribution in [0.1, 0.15) is 31.5 Å². The van der Waals surface area contributed by atoms with Crippen LogP contribution in [0.4, 0.5) is 5.69 Å². The summed E-state index contributed by atoms with van der Waals surface area (Å²) < 4.78 is 5.12. The molecule has 0 unspecified atom stereocenters. The van der Waals surface area contributed by atoms with Gasteiger partial charge in [-0.15, -0.1) is 0 Å². The number of rotatable bonds is 4. The first-order valence-electron chi connectivity index (χ1n) is 5.47. The van der Waals surface area contributed by atoms with Crippen LogP contribution in [0.15, 0.2) is 28.8 Å². The third kappa shape index (κ3) is 3.20. The molecule has 0 aliphatic heterocycles. The topological polar surface area (TPSA) is 51.0 Å². The van der Waals surface area contributed by atoms with Crippen LogP contribution in [0, 0.1) is 0 Å². The predicted molar refractivity (Wildman–Crippen MR) is 67.2 cm³/mol. The summed E-state index contributed by atoms with van der Waals surface area (Å²) in [6.07, 6.45) is 0. The molecule has 0 saturated heterocycles. The van der Waals surface area contributed by atoms with Crippen LogP contribution < -0.4 is 5.32 Å². The molecule has 0 spiro atoms. The van der Waals surface area contributed by atoms with Crippen LogP contribution in [0.3, 0.4) is 0 Å². The van der Waals surface area contributed by atoms with Crippen LogP contribution in [0.25, 0.3) is 0 Å². The highest BCUT2D eigenvalue weighted by Crippen LogP contribution is 2.15. The van der Waals surface area contributed by atoms with Gasteiger partial charge in [-0.3, -0.25) is 0 Å². The Morgan fingerprint density at radius 1 is 1.29 bits per heavy atom. The molecular weight excluding hydrogens is 238 g/mol. The Labute approximate surface area is 105 Å². The molecule has 0 saturated carbocycles. The zero-order chi connectivity index (χ0) is 12.3. The summed E-state index contributed by atoms with van der Waals surface area (Å²) in [5, 5.41) is 7.80. The summed E-state index contributed by atoms with van der Waals surface area (Å²) in [4.78, 5) is 4.28. The van der Waals surface area contributed by atoms with Gasteiger partial charge in [-0.05, 0) is 24.3 Å². The molecule has 5 heteroatoms. The minimum absolute atomic E-state index is 0.281. The van der Waals surface area contributed by atoms with E-state index in [2.05, 4.69) is 15.5 Å². The van der Waals surface area contributed by atoms with Gasteiger partial charge in [0.2, 0.25) is 5.89 Å². The molecule has 4 nitrogen and oxygen atoms in total. The Hall–Kier alpha value is -1.55. The van der Waals surface area contributed by atoms with Crippen molar-refractivity contribution in [2.24, 2.45) is 0 Å². The van der Waals surface area contributed by atoms with Gasteiger partial charge < -0.3 is 9.84 Å². The molecule has 0 radical (unpaired) electrons. The predicted octanol–water partition coefficient (Wildman–Crippen LogP) is 3.46. The van der Waals surface area contributed by atoms with Gasteiger partial charge in [-0.2, -0.15) is 4.98 Å². The second-order valence-electron chi connectivity index (χ2n) is 4.06. The van der Waals surface area contributed by atoms with Gasteiger partial charge in [-0.1, -0.05) is 30.6 Å². The second-order valence-corrected chi connectivity index (χ2v) is 4.50. The fourth-order valence-corrected chi connectivity index (χ4v) is 1.45. The highest BCUT2D eigenvalue weighted by molar-refractivity contribution is 6.30. The average Bonchev–Trinajstić information content (AvgIpc) is 2.77. The van der Waals surface area contributed by atoms with E-state index in [0.29, 0.717) is 12.4 Å². The summed E-state index contributed by atoms with van der Waals surface area (Å²) in [6, 6.07) is 7.47. The molecule has 17 heavy (non-hydrogen) atoms. The highest BCUT2D eigenvalue weighted by Gasteiger charge is 2.08. The van der Waals surface area contributed by atoms with Gasteiger partial charge in [-0.25, -0.2) is 0 Å². The molecule has 0 aliphatic rings. The first-order chi connectivity index (χ1) is 8.15. The van der Waals surface area contributed by atoms with Crippen LogP contribution in [0.2, 0.25) is 5.02 Å². The van der Waals surface area contributed by atoms with E-state index in [-0.39, 0.29) is 5.92 Å². The molecule has 1 aromatic heterocycles. The van der Waals surface area contributed by atoms with Crippen molar-refractivity contribution in [1.29, 1.82) is 0 Å². The fourth-order valence-electron chi connectivity index (χ4n) is 1.32. The van der Waals surface area contributed by atoms with Crippen molar-refractivity contribution in [3.8, 4) is 0 Å². The van der Waals surface area contributed by atoms with Crippen LogP contribution >= 0.6 is 11.6 Å². The lowest BCUT2D eigenvalue weighted by Gasteiger charge is -2.02. The molecule has 0 atom stereocenters. The lowest BCUT2D eigenvalue weighted by atomic mass is 10.2. The SMILES string of the molecule is CC(C)c1noc(CNc2ccc(Cl)cc2)n1. The van der Waals surface area contributed by atoms with Gasteiger partial charge in [0.15, 0.2) is 5.82 Å². The van der Waals surface area contributed by atoms with Crippen LogP contribution in [0.5, 0.6) is 0 Å². The fraction of sp³-hybridized carbons (Fsp3) is 0.333. The van der Waals surface area contributed by atoms with Gasteiger partial charge in [0.25, 0.3) is 0 Å². The molecule has 0 amide bonds. The maximum absolute atomic E-state index is 5.80. The van der Waals surface area contributed by atoms with E-state index in [0.717, 1.165) is 16.5 Å². The number of hydrogen-bond donors (Lipinski definition) is 1. The molecule has 0 fully saturated rings. The minimum atomic E-state index is 0.281. The third-order valence-electron chi connectivity index (χ3n) is 2.29. The standard InChI is InChI=1S/C12H14ClN3O/c1-8(2)12-15-11(17-16-12)7-14-10-5-3-9(13)4-6-10/h3-6,8,14H,7H2,1-2H3. The second kappa shape index (κ2) is 5.19. The summed E-state index contributed by atoms with van der Waals surface area (Å²) in [7, 11) is 0. The maximum atomic E-state index is 5.80. The average molecular weight is 252 g/mol. The van der Waals surface area contributed by atoms with Crippen molar-refractivity contribution >= 4 is 17.3 Å². The number of nitrogens with zero attached hydrogens (tertiary/aromatic N) is 2. The van der Waals surface area contributed by atoms with Crippen molar-refractivity contribution in [2.75, 3.05) is 5.32 Å². The van der Waals surface area contributed by atoms with Crippen LogP contribution in [-0.2, 0) is 6.54 Å². The van der Waals surface area contributed by atoms with Crippen molar-refractivity contribution in [3.05, 3.63) is 41.0 Å². The Kier molecular flexibility index (Phi) is 3.64. The van der Waals surface area contributed by atoms with E-state index in [4.69, 9.17) is 16.1 Å². The van der Waals surface area contributed by atoms with E-state index in [1.54, 1.807) is 0 Å². The van der Waals surface area contributed by atoms with E-state index in [1.807, 2.05) is 38.1 Å². The zero-order valence-electron chi connectivity index (χ0n) is 9.77. The number of anilines is 1. The summed E-state index contributed by atoms with van der Waals surface area (Å²) in [5.41, 5.74) is 0.971. The Balaban J connectivity index is 1.95. The van der Waals surface area contributed by atoms with E-state index in [9.17, 15) is 0 Å². The zero-order valence-corrected chi connectivity index (χ0v) is 10.5. The van der Waals surface area contributed by atoms with E-state index in [1.165, 1.54) is 0 Å². The largest absolute Gasteiger partial charge is 0.376 e. The molecule has 1 aromatic carbocycles. The molecule has 0 bridgehead atoms. The van der Waals surface area contributed by atoms with E-state index < -0.39 is 0 Å². The van der Waals surface area contributed by atoms with Crippen molar-refractivity contribution in [2.45, 2.75) is 26.3 Å². The lowest BCUT2D eigenvalue weighted by molar-refractivity contribution is 0.376. The Bertz CT molecular complexity index is 479. The molecular formula is C12H14ClN3O. The number of nitrogens with one attached hydrogen (secondary N) is 1. The van der Waals surface area contributed by atoms with Crippen molar-refractivity contribution < 1.29 is 4.52 Å². The molecule has 1 heterocycles. The number of benzene rings is 1. The first-order valence-corrected chi connectivity index (χ1v) is 5.85. The molecule has 2 rings (SSSR count). The molecule has 1 N–H and O–H groups in total. The monoisotopic (exact) mass is 251 g/mol. The molecule has 90 valence electrons. The lowest BCUT2D eigenvalue weighted by Crippen LogP contribution is -2.00. The van der Waals surface area contributed by atoms with Gasteiger partial charge in [0, 0.05) is 16.6 Å². The number of hydrogen-bond acceptors (Lipinski definition) is 4. The summed E-state index contributed by atoms with van der Waals surface area (Å²) in [6.45, 7) is 4.57. The third-order valence-corrected chi connectivity index (χ3v) is 2.54. The molecule has 0 aliphatic carbocycles. The number of halogens is 1. The minimum Gasteiger partial charge on any atom is -0.376 e. The highest BCUT2D eigenvalue weighted by atomic mass is 35.5. The summed E-state index contributed by atoms with van der Waals surface area (Å²) >= 11 is 5.80. The summed E-state index contributed by atoms with van der Waals surface area (Å²) in [5.74, 6) is 1.60. The number of aromatic nitrogens is 2. The maximum Gasteiger partial charge on any atom is 0.245 e. The smallest absolute Gasteiger partial charge is 0.245 e. The van der Waals surface area contributed by atoms with Gasteiger partial charge in [0.05, 0.1) is 6.54 Å². The Morgan fingerprint density at radius 2 is 2.00 bits per heavy atom. The quantitative estimate of drug-likeness (QED) is 0.904. The Morgan fingerprint density at radius 3 is 2.59 bits per heavy atom. The van der Waals surface area contributed by atoms with Crippen molar-refractivity contribution in [3.63, 3.8) is 0 Å². The normalized spacial score (nSPS) is 10.8. The first kappa shape index (κ1) is 11.9. The van der Waals surface area contributed by atoms with Gasteiger partial charge >= 0.3 is 0 Å².